The fraction of sp³-hybridized carbons (Fsp3) is 0.231. The molecule has 0 aliphatic heterocycles. The molecule has 0 aromatic carbocycles. The number of rotatable bonds is 4. The van der Waals surface area contributed by atoms with Gasteiger partial charge in [-0.25, -0.2) is 4.98 Å². The third-order valence-corrected chi connectivity index (χ3v) is 2.86. The first-order valence-electron chi connectivity index (χ1n) is 6.18. The molecule has 0 unspecified atom stereocenters. The fourth-order valence-electron chi connectivity index (χ4n) is 1.74. The molecule has 0 amide bonds. The second kappa shape index (κ2) is 5.89. The Hall–Kier alpha value is -2.12. The van der Waals surface area contributed by atoms with E-state index in [1.807, 2.05) is 26.0 Å². The highest BCUT2D eigenvalue weighted by Crippen LogP contribution is 2.24. The molecular weight excluding hydrogens is 257 g/mol. The monoisotopic (exact) mass is 273 g/mol. The fourth-order valence-corrected chi connectivity index (χ4v) is 1.74. The lowest BCUT2D eigenvalue weighted by molar-refractivity contribution is 0.222. The second-order valence-corrected chi connectivity index (χ2v) is 4.54. The number of nitrogen functional groups attached to an aromatic ring is 1. The molecule has 0 spiro atoms. The lowest BCUT2D eigenvalue weighted by Crippen LogP contribution is -2.30. The lowest BCUT2D eigenvalue weighted by Gasteiger charge is -2.16. The molecule has 0 saturated carbocycles. The molecule has 2 aromatic heterocycles. The average Bonchev–Trinajstić information content (AvgIpc) is 2.41. The minimum atomic E-state index is -1.61. The molecule has 2 aromatic rings. The van der Waals surface area contributed by atoms with Crippen LogP contribution in [0.5, 0.6) is 5.75 Å². The van der Waals surface area contributed by atoms with Crippen molar-refractivity contribution in [3.63, 3.8) is 0 Å². The van der Waals surface area contributed by atoms with Crippen LogP contribution < -0.4 is 15.9 Å². The number of nitrogens with two attached hydrogens (primary N) is 1. The molecule has 4 N–H and O–H groups in total. The van der Waals surface area contributed by atoms with Gasteiger partial charge >= 0.3 is 7.12 Å². The smallest absolute Gasteiger partial charge is 0.481 e. The summed E-state index contributed by atoms with van der Waals surface area (Å²) in [6.07, 6.45) is 2.67. The van der Waals surface area contributed by atoms with Crippen LogP contribution >= 0.6 is 0 Å². The van der Waals surface area contributed by atoms with Crippen molar-refractivity contribution in [2.75, 3.05) is 5.73 Å². The van der Waals surface area contributed by atoms with Crippen LogP contribution in [0.25, 0.3) is 0 Å². The Bertz CT molecular complexity index is 607. The van der Waals surface area contributed by atoms with Crippen molar-refractivity contribution in [2.45, 2.75) is 20.0 Å². The van der Waals surface area contributed by atoms with E-state index in [0.29, 0.717) is 5.75 Å². The van der Waals surface area contributed by atoms with Gasteiger partial charge in [-0.05, 0) is 37.6 Å². The standard InChI is InChI=1S/C13H16BN3O3/c1-8-3-4-16-11(5-8)9(2)20-12-6-10(14(18)19)7-17-13(12)15/h3-7,9,18-19H,1-2H3,(H2,15,17)/t9-/m1/s1. The summed E-state index contributed by atoms with van der Waals surface area (Å²) < 4.78 is 5.70. The van der Waals surface area contributed by atoms with Crippen LogP contribution in [0.2, 0.25) is 0 Å². The third-order valence-electron chi connectivity index (χ3n) is 2.86. The highest BCUT2D eigenvalue weighted by molar-refractivity contribution is 6.58. The molecule has 0 fully saturated rings. The zero-order valence-electron chi connectivity index (χ0n) is 11.3. The van der Waals surface area contributed by atoms with Crippen LogP contribution in [0, 0.1) is 6.92 Å². The molecule has 0 aliphatic rings. The Morgan fingerprint density at radius 3 is 2.70 bits per heavy atom. The molecule has 7 heteroatoms. The molecule has 6 nitrogen and oxygen atoms in total. The average molecular weight is 273 g/mol. The van der Waals surface area contributed by atoms with Crippen molar-refractivity contribution in [2.24, 2.45) is 0 Å². The summed E-state index contributed by atoms with van der Waals surface area (Å²) in [5, 5.41) is 18.3. The topological polar surface area (TPSA) is 101 Å². The number of anilines is 1. The van der Waals surface area contributed by atoms with E-state index in [9.17, 15) is 0 Å². The van der Waals surface area contributed by atoms with Crippen molar-refractivity contribution in [1.82, 2.24) is 9.97 Å². The first-order chi connectivity index (χ1) is 9.47. The number of aromatic nitrogens is 2. The zero-order valence-corrected chi connectivity index (χ0v) is 11.3. The summed E-state index contributed by atoms with van der Waals surface area (Å²) in [6, 6.07) is 5.27. The Balaban J connectivity index is 2.23. The van der Waals surface area contributed by atoms with Crippen LogP contribution in [-0.4, -0.2) is 27.1 Å². The third kappa shape index (κ3) is 3.25. The van der Waals surface area contributed by atoms with Gasteiger partial charge in [-0.15, -0.1) is 0 Å². The predicted molar refractivity (Wildman–Crippen MR) is 76.5 cm³/mol. The Morgan fingerprint density at radius 1 is 1.30 bits per heavy atom. The van der Waals surface area contributed by atoms with Gasteiger partial charge in [-0.1, -0.05) is 0 Å². The van der Waals surface area contributed by atoms with E-state index in [1.165, 1.54) is 12.3 Å². The van der Waals surface area contributed by atoms with E-state index in [4.69, 9.17) is 20.5 Å². The number of pyridine rings is 2. The summed E-state index contributed by atoms with van der Waals surface area (Å²) in [7, 11) is -1.61. The minimum absolute atomic E-state index is 0.189. The minimum Gasteiger partial charge on any atom is -0.481 e. The van der Waals surface area contributed by atoms with Crippen LogP contribution in [0.3, 0.4) is 0 Å². The lowest BCUT2D eigenvalue weighted by atomic mass is 9.81. The van der Waals surface area contributed by atoms with Crippen molar-refractivity contribution in [1.29, 1.82) is 0 Å². The number of nitrogens with zero attached hydrogens (tertiary/aromatic N) is 2. The van der Waals surface area contributed by atoms with Gasteiger partial charge in [-0.3, -0.25) is 4.98 Å². The molecule has 104 valence electrons. The Kier molecular flexibility index (Phi) is 4.21. The second-order valence-electron chi connectivity index (χ2n) is 4.54. The molecule has 2 rings (SSSR count). The molecule has 0 radical (unpaired) electrons. The quantitative estimate of drug-likeness (QED) is 0.687. The molecule has 0 aliphatic carbocycles. The van der Waals surface area contributed by atoms with Crippen molar-refractivity contribution >= 4 is 18.4 Å². The van der Waals surface area contributed by atoms with Gasteiger partial charge in [0.05, 0.1) is 5.69 Å². The van der Waals surface area contributed by atoms with Crippen molar-refractivity contribution < 1.29 is 14.8 Å². The van der Waals surface area contributed by atoms with Gasteiger partial charge in [0, 0.05) is 17.9 Å². The first kappa shape index (κ1) is 14.3. The van der Waals surface area contributed by atoms with Crippen LogP contribution in [0.15, 0.2) is 30.6 Å². The molecule has 2 heterocycles. The SMILES string of the molecule is Cc1ccnc([C@@H](C)Oc2cc(B(O)O)cnc2N)c1. The maximum absolute atomic E-state index is 9.13. The number of ether oxygens (including phenoxy) is 1. The van der Waals surface area contributed by atoms with Gasteiger partial charge in [0.2, 0.25) is 0 Å². The number of hydrogen-bond acceptors (Lipinski definition) is 6. The molecule has 20 heavy (non-hydrogen) atoms. The van der Waals surface area contributed by atoms with Crippen LogP contribution in [-0.2, 0) is 0 Å². The highest BCUT2D eigenvalue weighted by atomic mass is 16.5. The van der Waals surface area contributed by atoms with Gasteiger partial charge in [0.15, 0.2) is 11.6 Å². The summed E-state index contributed by atoms with van der Waals surface area (Å²) in [6.45, 7) is 3.81. The van der Waals surface area contributed by atoms with E-state index in [-0.39, 0.29) is 17.4 Å². The summed E-state index contributed by atoms with van der Waals surface area (Å²) in [5.74, 6) is 0.486. The van der Waals surface area contributed by atoms with Crippen molar-refractivity contribution in [3.05, 3.63) is 41.9 Å². The Morgan fingerprint density at radius 2 is 2.05 bits per heavy atom. The van der Waals surface area contributed by atoms with E-state index in [0.717, 1.165) is 11.3 Å². The van der Waals surface area contributed by atoms with Crippen molar-refractivity contribution in [3.8, 4) is 5.75 Å². The van der Waals surface area contributed by atoms with E-state index in [1.54, 1.807) is 6.20 Å². The van der Waals surface area contributed by atoms with Crippen LogP contribution in [0.1, 0.15) is 24.3 Å². The zero-order chi connectivity index (χ0) is 14.7. The number of aryl methyl sites for hydroxylation is 1. The predicted octanol–water partition coefficient (Wildman–Crippen LogP) is 0.187. The maximum atomic E-state index is 9.13. The number of hydrogen-bond donors (Lipinski definition) is 3. The highest BCUT2D eigenvalue weighted by Gasteiger charge is 2.17. The van der Waals surface area contributed by atoms with Gasteiger partial charge in [-0.2, -0.15) is 0 Å². The summed E-state index contributed by atoms with van der Waals surface area (Å²) >= 11 is 0. The largest absolute Gasteiger partial charge is 0.490 e. The molecular formula is C13H16BN3O3. The molecule has 1 atom stereocenters. The van der Waals surface area contributed by atoms with Crippen LogP contribution in [0.4, 0.5) is 5.82 Å². The first-order valence-corrected chi connectivity index (χ1v) is 6.18. The van der Waals surface area contributed by atoms with E-state index in [2.05, 4.69) is 9.97 Å². The summed E-state index contributed by atoms with van der Waals surface area (Å²) in [4.78, 5) is 8.11. The van der Waals surface area contributed by atoms with Gasteiger partial charge in [0.25, 0.3) is 0 Å². The normalized spacial score (nSPS) is 12.0. The van der Waals surface area contributed by atoms with Gasteiger partial charge < -0.3 is 20.5 Å². The summed E-state index contributed by atoms with van der Waals surface area (Å²) in [5.41, 5.74) is 7.79. The van der Waals surface area contributed by atoms with E-state index >= 15 is 0 Å². The van der Waals surface area contributed by atoms with Gasteiger partial charge in [0.1, 0.15) is 6.10 Å². The molecule has 0 bridgehead atoms. The van der Waals surface area contributed by atoms with E-state index < -0.39 is 7.12 Å². The molecule has 0 saturated heterocycles. The maximum Gasteiger partial charge on any atom is 0.490 e. The Labute approximate surface area is 117 Å².